The number of carbonyl (C=O) groups excluding carboxylic acids is 1. The van der Waals surface area contributed by atoms with Crippen molar-refractivity contribution >= 4 is 34.1 Å². The van der Waals surface area contributed by atoms with E-state index in [9.17, 15) is 4.79 Å². The number of aromatic nitrogens is 1. The van der Waals surface area contributed by atoms with Gasteiger partial charge in [-0.2, -0.15) is 0 Å². The van der Waals surface area contributed by atoms with Gasteiger partial charge in [0.15, 0.2) is 0 Å². The maximum absolute atomic E-state index is 13.6. The molecule has 2 heterocycles. The molecule has 0 aliphatic heterocycles. The number of nitrogens with one attached hydrogen (secondary N) is 1. The van der Waals surface area contributed by atoms with Gasteiger partial charge in [0.1, 0.15) is 5.00 Å². The van der Waals surface area contributed by atoms with Crippen LogP contribution in [-0.4, -0.2) is 16.7 Å². The van der Waals surface area contributed by atoms with Gasteiger partial charge in [0.25, 0.3) is 5.91 Å². The Morgan fingerprint density at radius 1 is 0.892 bits per heavy atom. The van der Waals surface area contributed by atoms with Crippen LogP contribution in [0.1, 0.15) is 72.8 Å². The zero-order valence-corrected chi connectivity index (χ0v) is 23.5. The van der Waals surface area contributed by atoms with Crippen molar-refractivity contribution in [1.29, 1.82) is 0 Å². The number of anilines is 1. The van der Waals surface area contributed by atoms with Crippen molar-refractivity contribution in [3.05, 3.63) is 97.7 Å². The molecule has 2 aromatic heterocycles. The number of hydrogen-bond acceptors (Lipinski definition) is 3. The van der Waals surface area contributed by atoms with Crippen LogP contribution in [0.25, 0.3) is 5.69 Å². The number of rotatable bonds is 5. The van der Waals surface area contributed by atoms with Crippen LogP contribution >= 0.6 is 11.3 Å². The van der Waals surface area contributed by atoms with E-state index in [2.05, 4.69) is 81.8 Å². The van der Waals surface area contributed by atoms with Gasteiger partial charge in [-0.05, 0) is 125 Å². The van der Waals surface area contributed by atoms with E-state index in [0.29, 0.717) is 0 Å². The fourth-order valence-corrected chi connectivity index (χ4v) is 6.43. The molecule has 5 rings (SSSR count). The van der Waals surface area contributed by atoms with Crippen molar-refractivity contribution < 1.29 is 4.79 Å². The third-order valence-corrected chi connectivity index (χ3v) is 8.88. The summed E-state index contributed by atoms with van der Waals surface area (Å²) >= 11 is 1.68. The minimum Gasteiger partial charge on any atom is -0.322 e. The predicted octanol–water partition coefficient (Wildman–Crippen LogP) is 8.27. The molecule has 0 fully saturated rings. The van der Waals surface area contributed by atoms with Crippen LogP contribution in [0.4, 0.5) is 10.7 Å². The van der Waals surface area contributed by atoms with E-state index in [1.807, 2.05) is 18.3 Å². The molecule has 0 saturated carbocycles. The maximum atomic E-state index is 13.6. The van der Waals surface area contributed by atoms with Gasteiger partial charge in [-0.1, -0.05) is 12.1 Å². The summed E-state index contributed by atoms with van der Waals surface area (Å²) in [4.78, 5) is 19.8. The number of amides is 1. The summed E-state index contributed by atoms with van der Waals surface area (Å²) in [5.41, 5.74) is 12.3. The Kier molecular flexibility index (Phi) is 6.91. The SMILES string of the molecule is Cc1ccc(NC(=O)c2c(N=Cc3cc(C)n(-c4ccc(C)c(C)c4)c3C)sc3c2CCCC3)cc1C. The molecule has 2 aromatic carbocycles. The number of aliphatic imine (C=N–C) groups is 1. The largest absolute Gasteiger partial charge is 0.322 e. The monoisotopic (exact) mass is 509 g/mol. The van der Waals surface area contributed by atoms with Gasteiger partial charge in [-0.3, -0.25) is 4.79 Å². The average molecular weight is 510 g/mol. The normalized spacial score (nSPS) is 13.2. The lowest BCUT2D eigenvalue weighted by atomic mass is 9.95. The van der Waals surface area contributed by atoms with Crippen LogP contribution in [-0.2, 0) is 12.8 Å². The van der Waals surface area contributed by atoms with Gasteiger partial charge in [-0.25, -0.2) is 4.99 Å². The molecule has 1 aliphatic rings. The summed E-state index contributed by atoms with van der Waals surface area (Å²) in [6.45, 7) is 12.7. The third kappa shape index (κ3) is 4.93. The minimum atomic E-state index is -0.0598. The summed E-state index contributed by atoms with van der Waals surface area (Å²) in [5.74, 6) is -0.0598. The Bertz CT molecular complexity index is 1540. The van der Waals surface area contributed by atoms with Gasteiger partial charge in [0, 0.05) is 39.4 Å². The molecule has 5 heteroatoms. The molecular formula is C32H35N3OS. The highest BCUT2D eigenvalue weighted by atomic mass is 32.1. The Labute approximate surface area is 224 Å². The molecule has 0 atom stereocenters. The first kappa shape index (κ1) is 25.2. The molecule has 0 radical (unpaired) electrons. The first-order valence-electron chi connectivity index (χ1n) is 13.1. The molecule has 1 aliphatic carbocycles. The number of carbonyl (C=O) groups is 1. The molecule has 1 amide bonds. The van der Waals surface area contributed by atoms with Crippen molar-refractivity contribution in [2.45, 2.75) is 67.2 Å². The molecule has 0 spiro atoms. The second kappa shape index (κ2) is 10.1. The molecule has 1 N–H and O–H groups in total. The predicted molar refractivity (Wildman–Crippen MR) is 157 cm³/mol. The topological polar surface area (TPSA) is 46.4 Å². The van der Waals surface area contributed by atoms with E-state index in [4.69, 9.17) is 4.99 Å². The Morgan fingerprint density at radius 3 is 2.32 bits per heavy atom. The Balaban J connectivity index is 1.49. The lowest BCUT2D eigenvalue weighted by Crippen LogP contribution is -2.15. The van der Waals surface area contributed by atoms with Crippen molar-refractivity contribution in [1.82, 2.24) is 4.57 Å². The first-order chi connectivity index (χ1) is 17.7. The molecule has 0 bridgehead atoms. The van der Waals surface area contributed by atoms with E-state index in [1.165, 1.54) is 44.8 Å². The van der Waals surface area contributed by atoms with Crippen LogP contribution in [0.15, 0.2) is 47.5 Å². The highest BCUT2D eigenvalue weighted by Crippen LogP contribution is 2.40. The van der Waals surface area contributed by atoms with Gasteiger partial charge in [0.2, 0.25) is 0 Å². The molecule has 37 heavy (non-hydrogen) atoms. The summed E-state index contributed by atoms with van der Waals surface area (Å²) < 4.78 is 2.28. The second-order valence-corrected chi connectivity index (χ2v) is 11.4. The summed E-state index contributed by atoms with van der Waals surface area (Å²) in [6.07, 6.45) is 6.20. The minimum absolute atomic E-state index is 0.0598. The number of hydrogen-bond donors (Lipinski definition) is 1. The van der Waals surface area contributed by atoms with Crippen molar-refractivity contribution in [2.75, 3.05) is 5.32 Å². The molecule has 4 nitrogen and oxygen atoms in total. The van der Waals surface area contributed by atoms with Crippen LogP contribution in [0, 0.1) is 41.5 Å². The molecule has 0 unspecified atom stereocenters. The average Bonchev–Trinajstić information content (AvgIpc) is 3.38. The zero-order chi connectivity index (χ0) is 26.3. The van der Waals surface area contributed by atoms with E-state index >= 15 is 0 Å². The van der Waals surface area contributed by atoms with E-state index in [-0.39, 0.29) is 5.91 Å². The molecule has 190 valence electrons. The highest BCUT2D eigenvalue weighted by Gasteiger charge is 2.25. The highest BCUT2D eigenvalue weighted by molar-refractivity contribution is 7.16. The van der Waals surface area contributed by atoms with Crippen LogP contribution in [0.2, 0.25) is 0 Å². The number of fused-ring (bicyclic) bond motifs is 1. The summed E-state index contributed by atoms with van der Waals surface area (Å²) in [7, 11) is 0. The first-order valence-corrected chi connectivity index (χ1v) is 13.9. The lowest BCUT2D eigenvalue weighted by molar-refractivity contribution is 0.102. The quantitative estimate of drug-likeness (QED) is 0.270. The van der Waals surface area contributed by atoms with E-state index in [0.717, 1.165) is 52.5 Å². The Hall–Kier alpha value is -3.44. The number of thiophene rings is 1. The van der Waals surface area contributed by atoms with E-state index < -0.39 is 0 Å². The standard InChI is InChI=1S/C32H35N3OS/c1-19-11-13-26(15-21(19)3)34-31(36)30-28-9-7-8-10-29(28)37-32(30)33-18-25-17-23(5)35(24(25)6)27-14-12-20(2)22(4)16-27/h11-18H,7-10H2,1-6H3,(H,34,36). The van der Waals surface area contributed by atoms with Crippen LogP contribution < -0.4 is 5.32 Å². The Morgan fingerprint density at radius 2 is 1.59 bits per heavy atom. The maximum Gasteiger partial charge on any atom is 0.259 e. The summed E-state index contributed by atoms with van der Waals surface area (Å²) in [5, 5.41) is 3.96. The molecule has 0 saturated heterocycles. The van der Waals surface area contributed by atoms with Gasteiger partial charge < -0.3 is 9.88 Å². The summed E-state index contributed by atoms with van der Waals surface area (Å²) in [6, 6.07) is 14.8. The number of nitrogens with zero attached hydrogens (tertiary/aromatic N) is 2. The van der Waals surface area contributed by atoms with Crippen LogP contribution in [0.5, 0.6) is 0 Å². The van der Waals surface area contributed by atoms with Crippen molar-refractivity contribution in [3.63, 3.8) is 0 Å². The molecular weight excluding hydrogens is 474 g/mol. The fourth-order valence-electron chi connectivity index (χ4n) is 5.20. The van der Waals surface area contributed by atoms with Crippen molar-refractivity contribution in [3.8, 4) is 5.69 Å². The number of aryl methyl sites for hydroxylation is 6. The van der Waals surface area contributed by atoms with Gasteiger partial charge >= 0.3 is 0 Å². The third-order valence-electron chi connectivity index (χ3n) is 7.68. The van der Waals surface area contributed by atoms with Crippen LogP contribution in [0.3, 0.4) is 0 Å². The van der Waals surface area contributed by atoms with Crippen molar-refractivity contribution in [2.24, 2.45) is 4.99 Å². The van der Waals surface area contributed by atoms with E-state index in [1.54, 1.807) is 11.3 Å². The van der Waals surface area contributed by atoms with Gasteiger partial charge in [0.05, 0.1) is 5.56 Å². The fraction of sp³-hybridized carbons (Fsp3) is 0.312. The second-order valence-electron chi connectivity index (χ2n) is 10.3. The number of benzene rings is 2. The smallest absolute Gasteiger partial charge is 0.259 e. The lowest BCUT2D eigenvalue weighted by Gasteiger charge is -2.13. The zero-order valence-electron chi connectivity index (χ0n) is 22.7. The van der Waals surface area contributed by atoms with Gasteiger partial charge in [-0.15, -0.1) is 11.3 Å². The molecule has 4 aromatic rings.